The Balaban J connectivity index is 1.18. The number of fused-ring (bicyclic) bond motifs is 2. The number of carbonyl (C=O) groups excluding carboxylic acids is 1. The average Bonchev–Trinajstić information content (AvgIpc) is 3.19. The summed E-state index contributed by atoms with van der Waals surface area (Å²) in [4.78, 5) is 17.5. The Bertz CT molecular complexity index is 1570. The van der Waals surface area contributed by atoms with E-state index in [2.05, 4.69) is 87.0 Å². The molecule has 4 aromatic rings. The van der Waals surface area contributed by atoms with E-state index in [1.165, 1.54) is 22.3 Å². The number of rotatable bonds is 5. The van der Waals surface area contributed by atoms with Crippen LogP contribution in [0.5, 0.6) is 0 Å². The number of benzene rings is 3. The predicted molar refractivity (Wildman–Crippen MR) is 157 cm³/mol. The van der Waals surface area contributed by atoms with Crippen LogP contribution < -0.4 is 10.2 Å². The first-order valence-electron chi connectivity index (χ1n) is 13.6. The molecular weight excluding hydrogens is 498 g/mol. The maximum absolute atomic E-state index is 12.7. The SMILES string of the molecule is Cc1noc(C)c1CC(=O)Nc1ccc(N2CCN(C3c4ccccc4C=Cc4ccccc43)CC2)c(C#N)c1. The first-order chi connectivity index (χ1) is 19.5. The second-order valence-electron chi connectivity index (χ2n) is 10.4. The maximum atomic E-state index is 12.7. The summed E-state index contributed by atoms with van der Waals surface area (Å²) in [7, 11) is 0. The van der Waals surface area contributed by atoms with E-state index in [1.54, 1.807) is 13.0 Å². The summed E-state index contributed by atoms with van der Waals surface area (Å²) in [5.41, 5.74) is 8.73. The molecule has 40 heavy (non-hydrogen) atoms. The Morgan fingerprint density at radius 1 is 0.975 bits per heavy atom. The lowest BCUT2D eigenvalue weighted by Crippen LogP contribution is -2.48. The zero-order chi connectivity index (χ0) is 27.6. The van der Waals surface area contributed by atoms with Crippen molar-refractivity contribution in [2.75, 3.05) is 36.4 Å². The van der Waals surface area contributed by atoms with Crippen molar-refractivity contribution in [3.05, 3.63) is 112 Å². The van der Waals surface area contributed by atoms with E-state index in [4.69, 9.17) is 4.52 Å². The van der Waals surface area contributed by atoms with E-state index in [0.29, 0.717) is 22.7 Å². The Morgan fingerprint density at radius 3 is 2.23 bits per heavy atom. The van der Waals surface area contributed by atoms with Crippen LogP contribution >= 0.6 is 0 Å². The summed E-state index contributed by atoms with van der Waals surface area (Å²) in [5, 5.41) is 16.8. The van der Waals surface area contributed by atoms with E-state index in [0.717, 1.165) is 37.4 Å². The number of nitriles is 1. The lowest BCUT2D eigenvalue weighted by molar-refractivity contribution is -0.115. The molecule has 0 radical (unpaired) electrons. The van der Waals surface area contributed by atoms with Crippen LogP contribution in [0.4, 0.5) is 11.4 Å². The molecule has 1 amide bonds. The molecule has 6 rings (SSSR count). The molecule has 0 bridgehead atoms. The molecule has 2 heterocycles. The molecule has 1 saturated heterocycles. The van der Waals surface area contributed by atoms with Gasteiger partial charge < -0.3 is 14.7 Å². The quantitative estimate of drug-likeness (QED) is 0.355. The van der Waals surface area contributed by atoms with Crippen molar-refractivity contribution in [2.24, 2.45) is 0 Å². The van der Waals surface area contributed by atoms with Crippen LogP contribution in [-0.2, 0) is 11.2 Å². The molecule has 200 valence electrons. The van der Waals surface area contributed by atoms with E-state index in [1.807, 2.05) is 19.1 Å². The first kappa shape index (κ1) is 25.6. The number of amides is 1. The van der Waals surface area contributed by atoms with Crippen molar-refractivity contribution in [1.82, 2.24) is 10.1 Å². The second-order valence-corrected chi connectivity index (χ2v) is 10.4. The number of aryl methyl sites for hydroxylation is 2. The number of piperazine rings is 1. The summed E-state index contributed by atoms with van der Waals surface area (Å²) < 4.78 is 5.17. The molecule has 1 aromatic heterocycles. The Labute approximate surface area is 234 Å². The zero-order valence-corrected chi connectivity index (χ0v) is 22.7. The molecule has 1 aliphatic heterocycles. The number of hydrogen-bond donors (Lipinski definition) is 1. The van der Waals surface area contributed by atoms with Gasteiger partial charge in [0, 0.05) is 37.4 Å². The largest absolute Gasteiger partial charge is 0.368 e. The number of hydrogen-bond acceptors (Lipinski definition) is 6. The van der Waals surface area contributed by atoms with Crippen LogP contribution in [0, 0.1) is 25.2 Å². The van der Waals surface area contributed by atoms with Crippen LogP contribution in [0.1, 0.15) is 50.9 Å². The van der Waals surface area contributed by atoms with Gasteiger partial charge in [-0.2, -0.15) is 5.26 Å². The number of anilines is 2. The zero-order valence-electron chi connectivity index (χ0n) is 22.7. The highest BCUT2D eigenvalue weighted by Gasteiger charge is 2.30. The fraction of sp³-hybridized carbons (Fsp3) is 0.242. The Hall–Kier alpha value is -4.67. The molecule has 3 aromatic carbocycles. The first-order valence-corrected chi connectivity index (χ1v) is 13.6. The topological polar surface area (TPSA) is 85.4 Å². The van der Waals surface area contributed by atoms with E-state index in [-0.39, 0.29) is 18.4 Å². The molecule has 7 nitrogen and oxygen atoms in total. The molecule has 0 saturated carbocycles. The minimum absolute atomic E-state index is 0.168. The van der Waals surface area contributed by atoms with Crippen molar-refractivity contribution in [1.29, 1.82) is 5.26 Å². The number of nitrogens with one attached hydrogen (secondary N) is 1. The summed E-state index contributed by atoms with van der Waals surface area (Å²) in [6.07, 6.45) is 4.62. The fourth-order valence-electron chi connectivity index (χ4n) is 5.88. The lowest BCUT2D eigenvalue weighted by atomic mass is 9.92. The van der Waals surface area contributed by atoms with Crippen LogP contribution in [0.2, 0.25) is 0 Å². The normalized spacial score (nSPS) is 15.2. The predicted octanol–water partition coefficient (Wildman–Crippen LogP) is 5.74. The van der Waals surface area contributed by atoms with Crippen molar-refractivity contribution in [2.45, 2.75) is 26.3 Å². The third kappa shape index (κ3) is 4.90. The van der Waals surface area contributed by atoms with E-state index in [9.17, 15) is 10.1 Å². The number of carbonyl (C=O) groups is 1. The second kappa shape index (κ2) is 10.8. The minimum Gasteiger partial charge on any atom is -0.368 e. The van der Waals surface area contributed by atoms with E-state index < -0.39 is 0 Å². The lowest BCUT2D eigenvalue weighted by Gasteiger charge is -2.41. The molecule has 0 spiro atoms. The van der Waals surface area contributed by atoms with Crippen molar-refractivity contribution in [3.63, 3.8) is 0 Å². The van der Waals surface area contributed by atoms with Crippen LogP contribution in [-0.4, -0.2) is 42.1 Å². The van der Waals surface area contributed by atoms with Crippen LogP contribution in [0.3, 0.4) is 0 Å². The van der Waals surface area contributed by atoms with Gasteiger partial charge in [0.2, 0.25) is 5.91 Å². The third-order valence-electron chi connectivity index (χ3n) is 7.96. The number of aromatic nitrogens is 1. The summed E-state index contributed by atoms with van der Waals surface area (Å²) in [6, 6.07) is 25.4. The highest BCUT2D eigenvalue weighted by Crippen LogP contribution is 2.38. The summed E-state index contributed by atoms with van der Waals surface area (Å²) in [5.74, 6) is 0.477. The van der Waals surface area contributed by atoms with Gasteiger partial charge in [0.1, 0.15) is 11.8 Å². The molecule has 1 fully saturated rings. The van der Waals surface area contributed by atoms with Crippen LogP contribution in [0.15, 0.2) is 71.3 Å². The molecule has 1 aliphatic carbocycles. The van der Waals surface area contributed by atoms with Gasteiger partial charge in [-0.3, -0.25) is 9.69 Å². The van der Waals surface area contributed by atoms with Gasteiger partial charge in [0.05, 0.1) is 29.4 Å². The number of nitrogens with zero attached hydrogens (tertiary/aromatic N) is 4. The summed E-state index contributed by atoms with van der Waals surface area (Å²) >= 11 is 0. The van der Waals surface area contributed by atoms with Crippen LogP contribution in [0.25, 0.3) is 12.2 Å². The average molecular weight is 530 g/mol. The third-order valence-corrected chi connectivity index (χ3v) is 7.96. The Kier molecular flexibility index (Phi) is 6.93. The highest BCUT2D eigenvalue weighted by atomic mass is 16.5. The molecular formula is C33H31N5O2. The fourth-order valence-corrected chi connectivity index (χ4v) is 5.88. The van der Waals surface area contributed by atoms with Gasteiger partial charge in [-0.15, -0.1) is 0 Å². The van der Waals surface area contributed by atoms with Gasteiger partial charge >= 0.3 is 0 Å². The maximum Gasteiger partial charge on any atom is 0.229 e. The minimum atomic E-state index is -0.168. The van der Waals surface area contributed by atoms with Crippen molar-refractivity contribution in [3.8, 4) is 6.07 Å². The monoisotopic (exact) mass is 529 g/mol. The van der Waals surface area contributed by atoms with Gasteiger partial charge in [-0.05, 0) is 54.3 Å². The molecule has 2 aliphatic rings. The highest BCUT2D eigenvalue weighted by molar-refractivity contribution is 5.93. The standard InChI is InChI=1S/C33H31N5O2/c1-22-30(23(2)40-36-22)20-32(39)35-27-13-14-31(26(19-27)21-34)37-15-17-38(18-16-37)33-28-9-5-3-7-24(28)11-12-25-8-4-6-10-29(25)33/h3-14,19,33H,15-18,20H2,1-2H3,(H,35,39). The van der Waals surface area contributed by atoms with Crippen molar-refractivity contribution >= 4 is 29.4 Å². The molecule has 7 heteroatoms. The van der Waals surface area contributed by atoms with Gasteiger partial charge in [0.25, 0.3) is 0 Å². The van der Waals surface area contributed by atoms with Gasteiger partial charge in [0.15, 0.2) is 0 Å². The van der Waals surface area contributed by atoms with Gasteiger partial charge in [-0.1, -0.05) is 65.8 Å². The molecule has 0 unspecified atom stereocenters. The Morgan fingerprint density at radius 2 is 1.62 bits per heavy atom. The molecule has 1 N–H and O–H groups in total. The van der Waals surface area contributed by atoms with Crippen molar-refractivity contribution < 1.29 is 9.32 Å². The van der Waals surface area contributed by atoms with E-state index >= 15 is 0 Å². The van der Waals surface area contributed by atoms with Gasteiger partial charge in [-0.25, -0.2) is 0 Å². The smallest absolute Gasteiger partial charge is 0.229 e. The molecule has 0 atom stereocenters. The summed E-state index contributed by atoms with van der Waals surface area (Å²) in [6.45, 7) is 6.98.